The van der Waals surface area contributed by atoms with E-state index in [9.17, 15) is 9.90 Å². The van der Waals surface area contributed by atoms with Crippen LogP contribution in [0.15, 0.2) is 0 Å². The van der Waals surface area contributed by atoms with Crippen molar-refractivity contribution < 1.29 is 20.1 Å². The summed E-state index contributed by atoms with van der Waals surface area (Å²) in [6.07, 6.45) is 0.0858. The fourth-order valence-corrected chi connectivity index (χ4v) is 1.04. The summed E-state index contributed by atoms with van der Waals surface area (Å²) in [5, 5.41) is 29.8. The van der Waals surface area contributed by atoms with Crippen molar-refractivity contribution in [2.24, 2.45) is 0 Å². The Kier molecular flexibility index (Phi) is 5.04. The maximum Gasteiger partial charge on any atom is 0.336 e. The van der Waals surface area contributed by atoms with Gasteiger partial charge in [0.05, 0.1) is 6.10 Å². The second-order valence-corrected chi connectivity index (χ2v) is 3.95. The summed E-state index contributed by atoms with van der Waals surface area (Å²) < 4.78 is 0. The summed E-state index contributed by atoms with van der Waals surface area (Å²) in [5.41, 5.74) is -1.76. The number of aliphatic carboxylic acids is 1. The van der Waals surface area contributed by atoms with Gasteiger partial charge in [0, 0.05) is 12.6 Å². The van der Waals surface area contributed by atoms with Gasteiger partial charge in [-0.2, -0.15) is 0 Å². The number of nitrogens with one attached hydrogen (secondary N) is 1. The molecule has 5 nitrogen and oxygen atoms in total. The molecule has 14 heavy (non-hydrogen) atoms. The molecular formula is C9H19NO4. The van der Waals surface area contributed by atoms with E-state index in [1.165, 1.54) is 6.92 Å². The first kappa shape index (κ1) is 13.4. The average molecular weight is 205 g/mol. The van der Waals surface area contributed by atoms with Crippen LogP contribution in [0.3, 0.4) is 0 Å². The zero-order valence-corrected chi connectivity index (χ0v) is 8.82. The van der Waals surface area contributed by atoms with Crippen molar-refractivity contribution in [1.82, 2.24) is 5.32 Å². The Morgan fingerprint density at radius 3 is 2.36 bits per heavy atom. The van der Waals surface area contributed by atoms with Crippen LogP contribution in [0.5, 0.6) is 0 Å². The zero-order valence-electron chi connectivity index (χ0n) is 8.82. The van der Waals surface area contributed by atoms with E-state index in [2.05, 4.69) is 5.32 Å². The number of rotatable bonds is 6. The first-order valence-electron chi connectivity index (χ1n) is 4.63. The largest absolute Gasteiger partial charge is 0.479 e. The highest BCUT2D eigenvalue weighted by atomic mass is 16.4. The van der Waals surface area contributed by atoms with Crippen molar-refractivity contribution in [3.8, 4) is 0 Å². The summed E-state index contributed by atoms with van der Waals surface area (Å²) >= 11 is 0. The molecule has 0 bridgehead atoms. The van der Waals surface area contributed by atoms with E-state index in [0.29, 0.717) is 6.42 Å². The predicted molar refractivity (Wildman–Crippen MR) is 52.0 cm³/mol. The van der Waals surface area contributed by atoms with E-state index in [-0.39, 0.29) is 12.6 Å². The SMILES string of the molecule is CC(O)CC(C)NCC(C)(O)C(=O)O. The summed E-state index contributed by atoms with van der Waals surface area (Å²) in [4.78, 5) is 10.5. The molecule has 0 rings (SSSR count). The normalized spacial score (nSPS) is 19.8. The topological polar surface area (TPSA) is 89.8 Å². The van der Waals surface area contributed by atoms with Crippen molar-refractivity contribution in [3.63, 3.8) is 0 Å². The molecule has 0 aliphatic carbocycles. The van der Waals surface area contributed by atoms with Crippen LogP contribution >= 0.6 is 0 Å². The minimum absolute atomic E-state index is 0.0270. The standard InChI is InChI=1S/C9H19NO4/c1-6(4-7(2)11)10-5-9(3,14)8(12)13/h6-7,10-11,14H,4-5H2,1-3H3,(H,12,13). The second-order valence-electron chi connectivity index (χ2n) is 3.95. The Bertz CT molecular complexity index is 191. The van der Waals surface area contributed by atoms with Gasteiger partial charge in [0.25, 0.3) is 0 Å². The van der Waals surface area contributed by atoms with E-state index in [1.54, 1.807) is 6.92 Å². The van der Waals surface area contributed by atoms with Gasteiger partial charge in [-0.1, -0.05) is 0 Å². The van der Waals surface area contributed by atoms with Gasteiger partial charge in [-0.15, -0.1) is 0 Å². The minimum atomic E-state index is -1.76. The van der Waals surface area contributed by atoms with Crippen LogP contribution in [0.2, 0.25) is 0 Å². The van der Waals surface area contributed by atoms with E-state index in [0.717, 1.165) is 0 Å². The highest BCUT2D eigenvalue weighted by molar-refractivity contribution is 5.76. The molecule has 3 unspecified atom stereocenters. The highest BCUT2D eigenvalue weighted by Crippen LogP contribution is 2.03. The Morgan fingerprint density at radius 1 is 1.50 bits per heavy atom. The molecule has 0 radical (unpaired) electrons. The lowest BCUT2D eigenvalue weighted by Crippen LogP contribution is -2.47. The van der Waals surface area contributed by atoms with Crippen molar-refractivity contribution in [2.45, 2.75) is 44.9 Å². The smallest absolute Gasteiger partial charge is 0.336 e. The summed E-state index contributed by atoms with van der Waals surface area (Å²) in [6, 6.07) is -0.0270. The van der Waals surface area contributed by atoms with Gasteiger partial charge in [0.15, 0.2) is 5.60 Å². The first-order valence-corrected chi connectivity index (χ1v) is 4.63. The second kappa shape index (κ2) is 5.29. The molecule has 0 heterocycles. The molecule has 0 aromatic heterocycles. The number of aliphatic hydroxyl groups is 2. The Morgan fingerprint density at radius 2 is 2.00 bits per heavy atom. The molecule has 0 spiro atoms. The van der Waals surface area contributed by atoms with Crippen LogP contribution in [-0.2, 0) is 4.79 Å². The van der Waals surface area contributed by atoms with Crippen LogP contribution in [0.1, 0.15) is 27.2 Å². The van der Waals surface area contributed by atoms with Gasteiger partial charge < -0.3 is 20.6 Å². The lowest BCUT2D eigenvalue weighted by molar-refractivity contribution is -0.156. The van der Waals surface area contributed by atoms with Crippen LogP contribution in [-0.4, -0.2) is 45.6 Å². The Labute approximate surface area is 83.8 Å². The van der Waals surface area contributed by atoms with E-state index in [1.807, 2.05) is 6.92 Å². The molecule has 0 aromatic carbocycles. The lowest BCUT2D eigenvalue weighted by Gasteiger charge is -2.22. The van der Waals surface area contributed by atoms with Gasteiger partial charge in [-0.05, 0) is 27.2 Å². The summed E-state index contributed by atoms with van der Waals surface area (Å²) in [6.45, 7) is 4.69. The van der Waals surface area contributed by atoms with Crippen molar-refractivity contribution in [2.75, 3.05) is 6.54 Å². The third-order valence-corrected chi connectivity index (χ3v) is 1.95. The molecule has 4 N–H and O–H groups in total. The molecule has 84 valence electrons. The molecular weight excluding hydrogens is 186 g/mol. The third-order valence-electron chi connectivity index (χ3n) is 1.95. The summed E-state index contributed by atoms with van der Waals surface area (Å²) in [7, 11) is 0. The number of aliphatic hydroxyl groups excluding tert-OH is 1. The molecule has 0 aliphatic heterocycles. The van der Waals surface area contributed by atoms with Gasteiger partial charge in [-0.25, -0.2) is 4.79 Å². The number of carboxylic acid groups (broad SMARTS) is 1. The lowest BCUT2D eigenvalue weighted by atomic mass is 10.1. The van der Waals surface area contributed by atoms with Gasteiger partial charge in [0.1, 0.15) is 0 Å². The quantitative estimate of drug-likeness (QED) is 0.472. The van der Waals surface area contributed by atoms with Crippen LogP contribution in [0, 0.1) is 0 Å². The maximum absolute atomic E-state index is 10.5. The molecule has 3 atom stereocenters. The minimum Gasteiger partial charge on any atom is -0.479 e. The third kappa shape index (κ3) is 5.16. The van der Waals surface area contributed by atoms with Crippen molar-refractivity contribution in [1.29, 1.82) is 0 Å². The summed E-state index contributed by atoms with van der Waals surface area (Å²) in [5.74, 6) is -1.26. The molecule has 0 saturated heterocycles. The van der Waals surface area contributed by atoms with E-state index >= 15 is 0 Å². The van der Waals surface area contributed by atoms with E-state index in [4.69, 9.17) is 10.2 Å². The van der Waals surface area contributed by atoms with Crippen LogP contribution < -0.4 is 5.32 Å². The fraction of sp³-hybridized carbons (Fsp3) is 0.889. The zero-order chi connectivity index (χ0) is 11.4. The maximum atomic E-state index is 10.5. The molecule has 0 aromatic rings. The van der Waals surface area contributed by atoms with Crippen LogP contribution in [0.4, 0.5) is 0 Å². The Balaban J connectivity index is 3.87. The Hall–Kier alpha value is -0.650. The molecule has 0 aliphatic rings. The van der Waals surface area contributed by atoms with E-state index < -0.39 is 17.7 Å². The number of hydrogen-bond acceptors (Lipinski definition) is 4. The molecule has 0 amide bonds. The van der Waals surface area contributed by atoms with Gasteiger partial charge >= 0.3 is 5.97 Å². The fourth-order valence-electron chi connectivity index (χ4n) is 1.04. The first-order chi connectivity index (χ1) is 6.25. The van der Waals surface area contributed by atoms with Crippen molar-refractivity contribution in [3.05, 3.63) is 0 Å². The number of carbonyl (C=O) groups is 1. The average Bonchev–Trinajstić information content (AvgIpc) is 1.99. The number of carboxylic acids is 1. The molecule has 5 heteroatoms. The van der Waals surface area contributed by atoms with Crippen molar-refractivity contribution >= 4 is 5.97 Å². The highest BCUT2D eigenvalue weighted by Gasteiger charge is 2.29. The monoisotopic (exact) mass is 205 g/mol. The van der Waals surface area contributed by atoms with Crippen LogP contribution in [0.25, 0.3) is 0 Å². The molecule has 0 saturated carbocycles. The molecule has 0 fully saturated rings. The van der Waals surface area contributed by atoms with Gasteiger partial charge in [0.2, 0.25) is 0 Å². The predicted octanol–water partition coefficient (Wildman–Crippen LogP) is -0.429. The van der Waals surface area contributed by atoms with Gasteiger partial charge in [-0.3, -0.25) is 0 Å². The number of hydrogen-bond donors (Lipinski definition) is 4.